The summed E-state index contributed by atoms with van der Waals surface area (Å²) in [5, 5.41) is 14.0. The molecule has 5 aliphatic rings. The van der Waals surface area contributed by atoms with Crippen LogP contribution in [0.3, 0.4) is 0 Å². The number of amides is 5. The summed E-state index contributed by atoms with van der Waals surface area (Å²) < 4.78 is 32.9. The first-order valence-corrected chi connectivity index (χ1v) is 20.5. The SMILES string of the molecule is CNC(=O)NC1CCCC(S(=O)(=O)C2CCCC(NC(=O)NC3CCC(CC4CCC(NC(=O)OC5CCCCC5)CC4)CC3)C2)C1. The Morgan fingerprint density at radius 2 is 1.04 bits per heavy atom. The lowest BCUT2D eigenvalue weighted by molar-refractivity contribution is 0.0704. The summed E-state index contributed by atoms with van der Waals surface area (Å²) >= 11 is 0. The topological polar surface area (TPSA) is 155 Å². The molecule has 47 heavy (non-hydrogen) atoms. The Balaban J connectivity index is 0.963. The molecule has 0 spiro atoms. The highest BCUT2D eigenvalue weighted by atomic mass is 32.2. The molecule has 12 heteroatoms. The summed E-state index contributed by atoms with van der Waals surface area (Å²) in [5.74, 6) is 1.40. The van der Waals surface area contributed by atoms with Gasteiger partial charge in [0.2, 0.25) is 0 Å². The Kier molecular flexibility index (Phi) is 13.4. The van der Waals surface area contributed by atoms with Crippen molar-refractivity contribution >= 4 is 28.0 Å². The van der Waals surface area contributed by atoms with Gasteiger partial charge < -0.3 is 31.3 Å². The van der Waals surface area contributed by atoms with E-state index in [1.54, 1.807) is 7.05 Å². The molecule has 0 bridgehead atoms. The van der Waals surface area contributed by atoms with Gasteiger partial charge in [-0.2, -0.15) is 0 Å². The van der Waals surface area contributed by atoms with Crippen molar-refractivity contribution in [2.75, 3.05) is 7.05 Å². The Morgan fingerprint density at radius 1 is 0.553 bits per heavy atom. The molecule has 4 unspecified atom stereocenters. The number of ether oxygens (including phenoxy) is 1. The summed E-state index contributed by atoms with van der Waals surface area (Å²) in [6.07, 6.45) is 20.6. The average Bonchev–Trinajstić information content (AvgIpc) is 3.07. The van der Waals surface area contributed by atoms with Gasteiger partial charge in [0.05, 0.1) is 10.5 Å². The van der Waals surface area contributed by atoms with E-state index < -0.39 is 20.3 Å². The number of rotatable bonds is 9. The van der Waals surface area contributed by atoms with Gasteiger partial charge >= 0.3 is 18.2 Å². The number of hydrogen-bond donors (Lipinski definition) is 5. The van der Waals surface area contributed by atoms with Crippen molar-refractivity contribution < 1.29 is 27.5 Å². The lowest BCUT2D eigenvalue weighted by atomic mass is 9.76. The lowest BCUT2D eigenvalue weighted by Crippen LogP contribution is -2.51. The number of alkyl carbamates (subject to hydrolysis) is 1. The third kappa shape index (κ3) is 10.9. The fourth-order valence-electron chi connectivity index (χ4n) is 9.18. The maximum absolute atomic E-state index is 13.6. The van der Waals surface area contributed by atoms with E-state index in [0.717, 1.165) is 103 Å². The van der Waals surface area contributed by atoms with Crippen molar-refractivity contribution in [3.8, 4) is 0 Å². The lowest BCUT2D eigenvalue weighted by Gasteiger charge is -2.36. The molecule has 0 aromatic carbocycles. The third-order valence-electron chi connectivity index (χ3n) is 11.9. The van der Waals surface area contributed by atoms with E-state index in [1.807, 2.05) is 0 Å². The minimum atomic E-state index is -3.36. The van der Waals surface area contributed by atoms with Crippen LogP contribution in [-0.2, 0) is 14.6 Å². The van der Waals surface area contributed by atoms with Gasteiger partial charge in [0, 0.05) is 31.2 Å². The van der Waals surface area contributed by atoms with Crippen LogP contribution in [-0.4, -0.2) is 74.4 Å². The van der Waals surface area contributed by atoms with Crippen molar-refractivity contribution in [2.45, 2.75) is 182 Å². The van der Waals surface area contributed by atoms with Crippen LogP contribution in [0.4, 0.5) is 14.4 Å². The Bertz CT molecular complexity index is 1130. The molecule has 5 rings (SSSR count). The standard InChI is InChI=1S/C35H61N5O6S/c1-36-33(41)38-28-7-5-11-31(22-28)47(44,45)32-12-6-8-29(23-32)39-34(42)37-26-17-13-24(14-18-26)21-25-15-19-27(20-16-25)40-35(43)46-30-9-3-2-4-10-30/h24-32H,2-23H2,1H3,(H,40,43)(H2,36,38,41)(H2,37,39,42). The second-order valence-electron chi connectivity index (χ2n) is 15.4. The molecule has 4 atom stereocenters. The van der Waals surface area contributed by atoms with Gasteiger partial charge in [-0.3, -0.25) is 0 Å². The van der Waals surface area contributed by atoms with E-state index in [9.17, 15) is 22.8 Å². The Hall–Kier alpha value is -2.24. The predicted molar refractivity (Wildman–Crippen MR) is 183 cm³/mol. The zero-order chi connectivity index (χ0) is 33.2. The van der Waals surface area contributed by atoms with Gasteiger partial charge in [-0.15, -0.1) is 0 Å². The molecule has 5 fully saturated rings. The van der Waals surface area contributed by atoms with Gasteiger partial charge in [0.25, 0.3) is 0 Å². The molecule has 0 saturated heterocycles. The van der Waals surface area contributed by atoms with Crippen LogP contribution in [0.2, 0.25) is 0 Å². The second kappa shape index (κ2) is 17.4. The summed E-state index contributed by atoms with van der Waals surface area (Å²) in [4.78, 5) is 37.1. The molecule has 11 nitrogen and oxygen atoms in total. The van der Waals surface area contributed by atoms with Crippen molar-refractivity contribution in [3.05, 3.63) is 0 Å². The first-order chi connectivity index (χ1) is 22.7. The maximum Gasteiger partial charge on any atom is 0.407 e. The number of hydrogen-bond acceptors (Lipinski definition) is 6. The first-order valence-electron chi connectivity index (χ1n) is 18.9. The van der Waals surface area contributed by atoms with E-state index in [2.05, 4.69) is 26.6 Å². The Morgan fingerprint density at radius 3 is 1.57 bits per heavy atom. The summed E-state index contributed by atoms with van der Waals surface area (Å²) in [6.45, 7) is 0. The maximum atomic E-state index is 13.6. The van der Waals surface area contributed by atoms with Crippen LogP contribution in [0.1, 0.15) is 141 Å². The molecule has 5 amide bonds. The highest BCUT2D eigenvalue weighted by Gasteiger charge is 2.40. The number of nitrogens with one attached hydrogen (secondary N) is 5. The van der Waals surface area contributed by atoms with Crippen LogP contribution in [0, 0.1) is 11.8 Å². The fourth-order valence-corrected chi connectivity index (χ4v) is 11.7. The number of carbonyl (C=O) groups excluding carboxylic acids is 3. The molecule has 0 aromatic rings. The normalized spacial score (nSPS) is 34.0. The van der Waals surface area contributed by atoms with Gasteiger partial charge in [-0.05, 0) is 134 Å². The van der Waals surface area contributed by atoms with Crippen LogP contribution in [0.15, 0.2) is 0 Å². The molecule has 5 saturated carbocycles. The zero-order valence-corrected chi connectivity index (χ0v) is 29.4. The number of sulfone groups is 1. The smallest absolute Gasteiger partial charge is 0.407 e. The third-order valence-corrected chi connectivity index (χ3v) is 14.6. The van der Waals surface area contributed by atoms with Crippen LogP contribution >= 0.6 is 0 Å². The Labute approximate surface area is 282 Å². The molecule has 5 aliphatic carbocycles. The molecular formula is C35H61N5O6S. The molecule has 0 aliphatic heterocycles. The number of urea groups is 2. The van der Waals surface area contributed by atoms with Gasteiger partial charge in [0.1, 0.15) is 6.10 Å². The molecule has 5 N–H and O–H groups in total. The summed E-state index contributed by atoms with van der Waals surface area (Å²) in [5.41, 5.74) is 0. The monoisotopic (exact) mass is 679 g/mol. The number of carbonyl (C=O) groups is 3. The van der Waals surface area contributed by atoms with Gasteiger partial charge in [-0.25, -0.2) is 22.8 Å². The summed E-state index contributed by atoms with van der Waals surface area (Å²) in [7, 11) is -1.79. The largest absolute Gasteiger partial charge is 0.446 e. The van der Waals surface area contributed by atoms with Crippen molar-refractivity contribution in [3.63, 3.8) is 0 Å². The van der Waals surface area contributed by atoms with Crippen LogP contribution in [0.25, 0.3) is 0 Å². The van der Waals surface area contributed by atoms with E-state index in [0.29, 0.717) is 37.5 Å². The van der Waals surface area contributed by atoms with Crippen molar-refractivity contribution in [1.82, 2.24) is 26.6 Å². The molecule has 0 radical (unpaired) electrons. The van der Waals surface area contributed by atoms with E-state index >= 15 is 0 Å². The van der Waals surface area contributed by atoms with E-state index in [-0.39, 0.29) is 48.4 Å². The molecule has 0 aromatic heterocycles. The minimum absolute atomic E-state index is 0.0980. The average molecular weight is 680 g/mol. The molecule has 268 valence electrons. The summed E-state index contributed by atoms with van der Waals surface area (Å²) in [6, 6.07) is -0.300. The zero-order valence-electron chi connectivity index (χ0n) is 28.6. The molecular weight excluding hydrogens is 618 g/mol. The highest BCUT2D eigenvalue weighted by molar-refractivity contribution is 7.92. The van der Waals surface area contributed by atoms with Crippen LogP contribution in [0.5, 0.6) is 0 Å². The van der Waals surface area contributed by atoms with Gasteiger partial charge in [0.15, 0.2) is 9.84 Å². The van der Waals surface area contributed by atoms with Crippen molar-refractivity contribution in [1.29, 1.82) is 0 Å². The van der Waals surface area contributed by atoms with Crippen LogP contribution < -0.4 is 26.6 Å². The minimum Gasteiger partial charge on any atom is -0.446 e. The van der Waals surface area contributed by atoms with Gasteiger partial charge in [-0.1, -0.05) is 19.3 Å². The first kappa shape index (κ1) is 36.1. The highest BCUT2D eigenvalue weighted by Crippen LogP contribution is 2.36. The predicted octanol–water partition coefficient (Wildman–Crippen LogP) is 5.82. The quantitative estimate of drug-likeness (QED) is 0.207. The van der Waals surface area contributed by atoms with E-state index in [4.69, 9.17) is 4.74 Å². The fraction of sp³-hybridized carbons (Fsp3) is 0.914. The second-order valence-corrected chi connectivity index (χ2v) is 17.9. The van der Waals surface area contributed by atoms with Crippen molar-refractivity contribution in [2.24, 2.45) is 11.8 Å². The molecule has 0 heterocycles. The van der Waals surface area contributed by atoms with E-state index in [1.165, 1.54) is 12.8 Å².